The fourth-order valence-electron chi connectivity index (χ4n) is 1.36. The van der Waals surface area contributed by atoms with Crippen LogP contribution in [0, 0.1) is 0 Å². The van der Waals surface area contributed by atoms with Gasteiger partial charge in [-0.05, 0) is 18.6 Å². The summed E-state index contributed by atoms with van der Waals surface area (Å²) in [5, 5.41) is 15.1. The van der Waals surface area contributed by atoms with Gasteiger partial charge in [-0.1, -0.05) is 11.6 Å². The van der Waals surface area contributed by atoms with E-state index in [9.17, 15) is 0 Å². The molecule has 13 heavy (non-hydrogen) atoms. The second-order valence-corrected chi connectivity index (χ2v) is 4.62. The number of rotatable bonds is 4. The van der Waals surface area contributed by atoms with Crippen LogP contribution in [0.1, 0.15) is 19.3 Å². The first-order chi connectivity index (χ1) is 6.33. The fourth-order valence-corrected chi connectivity index (χ4v) is 2.64. The van der Waals surface area contributed by atoms with Gasteiger partial charge in [0, 0.05) is 11.8 Å². The predicted molar refractivity (Wildman–Crippen MR) is 56.4 cm³/mol. The van der Waals surface area contributed by atoms with Crippen LogP contribution < -0.4 is 11.1 Å². The molecule has 76 valence electrons. The Morgan fingerprint density at radius 2 is 2.46 bits per heavy atom. The van der Waals surface area contributed by atoms with Crippen LogP contribution in [0.2, 0.25) is 0 Å². The molecular formula is C8H17N3OS. The largest absolute Gasteiger partial charge is 0.409 e. The molecule has 1 unspecified atom stereocenters. The summed E-state index contributed by atoms with van der Waals surface area (Å²) in [7, 11) is 0. The summed E-state index contributed by atoms with van der Waals surface area (Å²) in [6.07, 6.45) is 3.97. The summed E-state index contributed by atoms with van der Waals surface area (Å²) in [6.45, 7) is 1.44. The summed E-state index contributed by atoms with van der Waals surface area (Å²) < 4.78 is 0. The van der Waals surface area contributed by atoms with Gasteiger partial charge >= 0.3 is 0 Å². The lowest BCUT2D eigenvalue weighted by Crippen LogP contribution is -2.34. The Morgan fingerprint density at radius 1 is 1.62 bits per heavy atom. The van der Waals surface area contributed by atoms with Crippen molar-refractivity contribution >= 4 is 17.6 Å². The third-order valence-electron chi connectivity index (χ3n) is 2.08. The monoisotopic (exact) mass is 203 g/mol. The summed E-state index contributed by atoms with van der Waals surface area (Å²) in [5.74, 6) is 1.52. The minimum atomic E-state index is 0.251. The number of nitrogens with one attached hydrogen (secondary N) is 1. The van der Waals surface area contributed by atoms with E-state index in [2.05, 4.69) is 10.5 Å². The molecule has 0 aromatic rings. The summed E-state index contributed by atoms with van der Waals surface area (Å²) >= 11 is 2.02. The van der Waals surface area contributed by atoms with Gasteiger partial charge in [-0.2, -0.15) is 11.8 Å². The minimum absolute atomic E-state index is 0.251. The van der Waals surface area contributed by atoms with Crippen LogP contribution in [0.3, 0.4) is 0 Å². The van der Waals surface area contributed by atoms with Crippen LogP contribution in [-0.4, -0.2) is 35.1 Å². The second-order valence-electron chi connectivity index (χ2n) is 3.21. The van der Waals surface area contributed by atoms with Crippen LogP contribution in [0.5, 0.6) is 0 Å². The lowest BCUT2D eigenvalue weighted by molar-refractivity contribution is 0.317. The molecule has 0 aromatic heterocycles. The number of thioether (sulfide) groups is 1. The van der Waals surface area contributed by atoms with Crippen molar-refractivity contribution in [3.63, 3.8) is 0 Å². The van der Waals surface area contributed by atoms with E-state index in [0.29, 0.717) is 11.8 Å². The lowest BCUT2D eigenvalue weighted by atomic mass is 10.2. The molecule has 0 saturated carbocycles. The van der Waals surface area contributed by atoms with Gasteiger partial charge in [0.2, 0.25) is 0 Å². The molecule has 1 saturated heterocycles. The molecule has 0 amide bonds. The van der Waals surface area contributed by atoms with Gasteiger partial charge in [-0.25, -0.2) is 0 Å². The van der Waals surface area contributed by atoms with Crippen molar-refractivity contribution in [2.75, 3.05) is 18.8 Å². The van der Waals surface area contributed by atoms with Crippen molar-refractivity contribution in [3.05, 3.63) is 0 Å². The smallest absolute Gasteiger partial charge is 0.153 e. The Kier molecular flexibility index (Phi) is 5.00. The second kappa shape index (κ2) is 6.10. The summed E-state index contributed by atoms with van der Waals surface area (Å²) in [6, 6.07) is 0. The number of nitrogens with zero attached hydrogens (tertiary/aromatic N) is 1. The van der Waals surface area contributed by atoms with Crippen molar-refractivity contribution in [1.29, 1.82) is 0 Å². The topological polar surface area (TPSA) is 70.6 Å². The first-order valence-electron chi connectivity index (χ1n) is 4.61. The first-order valence-corrected chi connectivity index (χ1v) is 5.66. The highest BCUT2D eigenvalue weighted by molar-refractivity contribution is 7.99. The molecule has 1 atom stereocenters. The maximum Gasteiger partial charge on any atom is 0.153 e. The van der Waals surface area contributed by atoms with Crippen LogP contribution in [0.25, 0.3) is 0 Å². The predicted octanol–water partition coefficient (Wildman–Crippen LogP) is 0.608. The minimum Gasteiger partial charge on any atom is -0.409 e. The molecule has 4 N–H and O–H groups in total. The molecule has 1 rings (SSSR count). The Hall–Kier alpha value is -0.420. The quantitative estimate of drug-likeness (QED) is 0.271. The van der Waals surface area contributed by atoms with Crippen LogP contribution in [0.4, 0.5) is 0 Å². The van der Waals surface area contributed by atoms with Gasteiger partial charge < -0.3 is 16.3 Å². The Labute approximate surface area is 82.9 Å². The van der Waals surface area contributed by atoms with E-state index >= 15 is 0 Å². The molecule has 5 heteroatoms. The van der Waals surface area contributed by atoms with Crippen LogP contribution in [-0.2, 0) is 0 Å². The van der Waals surface area contributed by atoms with Crippen molar-refractivity contribution in [1.82, 2.24) is 5.32 Å². The lowest BCUT2D eigenvalue weighted by Gasteiger charge is -2.21. The highest BCUT2D eigenvalue weighted by Gasteiger charge is 2.12. The maximum atomic E-state index is 8.29. The molecule has 0 aliphatic carbocycles. The molecule has 0 bridgehead atoms. The summed E-state index contributed by atoms with van der Waals surface area (Å²) in [5.41, 5.74) is 5.32. The van der Waals surface area contributed by atoms with Crippen molar-refractivity contribution in [3.8, 4) is 0 Å². The molecule has 4 nitrogen and oxygen atoms in total. The van der Waals surface area contributed by atoms with Crippen molar-refractivity contribution in [2.45, 2.75) is 24.5 Å². The number of hydrogen-bond donors (Lipinski definition) is 3. The number of nitrogens with two attached hydrogens (primary N) is 1. The zero-order chi connectivity index (χ0) is 9.52. The molecule has 1 fully saturated rings. The molecule has 1 heterocycles. The first kappa shape index (κ1) is 10.7. The summed E-state index contributed by atoms with van der Waals surface area (Å²) in [4.78, 5) is 0. The molecule has 0 radical (unpaired) electrons. The number of amidine groups is 1. The van der Waals surface area contributed by atoms with Gasteiger partial charge in [0.15, 0.2) is 5.84 Å². The SMILES string of the molecule is NC(CNCC1CCCCS1)=NO. The molecule has 1 aliphatic rings. The molecule has 0 spiro atoms. The Morgan fingerprint density at radius 3 is 3.08 bits per heavy atom. The molecular weight excluding hydrogens is 186 g/mol. The van der Waals surface area contributed by atoms with Gasteiger partial charge in [-0.3, -0.25) is 0 Å². The maximum absolute atomic E-state index is 8.29. The number of hydrogen-bond acceptors (Lipinski definition) is 4. The molecule has 1 aliphatic heterocycles. The van der Waals surface area contributed by atoms with E-state index in [1.165, 1.54) is 25.0 Å². The van der Waals surface area contributed by atoms with Crippen molar-refractivity contribution < 1.29 is 5.21 Å². The average molecular weight is 203 g/mol. The van der Waals surface area contributed by atoms with Crippen LogP contribution in [0.15, 0.2) is 5.16 Å². The molecule has 0 aromatic carbocycles. The zero-order valence-electron chi connectivity index (χ0n) is 7.70. The Balaban J connectivity index is 2.04. The van der Waals surface area contributed by atoms with Gasteiger partial charge in [0.05, 0.1) is 6.54 Å². The van der Waals surface area contributed by atoms with E-state index in [0.717, 1.165) is 6.54 Å². The van der Waals surface area contributed by atoms with Gasteiger partial charge in [-0.15, -0.1) is 0 Å². The standard InChI is InChI=1S/C8H17N3OS/c9-8(11-12)6-10-5-7-3-1-2-4-13-7/h7,10,12H,1-6H2,(H2,9,11). The third-order valence-corrected chi connectivity index (χ3v) is 3.48. The zero-order valence-corrected chi connectivity index (χ0v) is 8.52. The highest BCUT2D eigenvalue weighted by Crippen LogP contribution is 2.23. The van der Waals surface area contributed by atoms with Crippen LogP contribution >= 0.6 is 11.8 Å². The van der Waals surface area contributed by atoms with E-state index < -0.39 is 0 Å². The Bertz CT molecular complexity index is 169. The highest BCUT2D eigenvalue weighted by atomic mass is 32.2. The van der Waals surface area contributed by atoms with Gasteiger partial charge in [0.25, 0.3) is 0 Å². The average Bonchev–Trinajstić information content (AvgIpc) is 2.19. The third kappa shape index (κ3) is 4.38. The van der Waals surface area contributed by atoms with E-state index in [4.69, 9.17) is 10.9 Å². The van der Waals surface area contributed by atoms with E-state index in [1.54, 1.807) is 0 Å². The van der Waals surface area contributed by atoms with Crippen molar-refractivity contribution in [2.24, 2.45) is 10.9 Å². The fraction of sp³-hybridized carbons (Fsp3) is 0.875. The normalized spacial score (nSPS) is 24.6. The van der Waals surface area contributed by atoms with E-state index in [-0.39, 0.29) is 5.84 Å². The number of oxime groups is 1. The van der Waals surface area contributed by atoms with Gasteiger partial charge in [0.1, 0.15) is 0 Å². The van der Waals surface area contributed by atoms with E-state index in [1.807, 2.05) is 11.8 Å².